The molecule has 106 valence electrons. The monoisotopic (exact) mass is 259 g/mol. The van der Waals surface area contributed by atoms with Crippen LogP contribution < -0.4 is 10.6 Å². The predicted molar refractivity (Wildman–Crippen MR) is 70.6 cm³/mol. The van der Waals surface area contributed by atoms with Gasteiger partial charge in [-0.25, -0.2) is 9.59 Å². The molecule has 18 heavy (non-hydrogen) atoms. The van der Waals surface area contributed by atoms with Crippen LogP contribution in [-0.4, -0.2) is 55.2 Å². The van der Waals surface area contributed by atoms with Gasteiger partial charge in [0, 0.05) is 13.6 Å². The van der Waals surface area contributed by atoms with E-state index in [4.69, 9.17) is 5.11 Å². The van der Waals surface area contributed by atoms with Crippen molar-refractivity contribution in [1.29, 1.82) is 0 Å². The lowest BCUT2D eigenvalue weighted by atomic mass is 9.99. The second kappa shape index (κ2) is 8.74. The third-order valence-corrected chi connectivity index (χ3v) is 3.03. The normalized spacial score (nSPS) is 13.8. The second-order valence-corrected chi connectivity index (χ2v) is 4.53. The van der Waals surface area contributed by atoms with Gasteiger partial charge in [0.15, 0.2) is 0 Å². The Hall–Kier alpha value is -1.30. The zero-order valence-corrected chi connectivity index (χ0v) is 11.7. The molecule has 0 rings (SSSR count). The number of carboxylic acids is 1. The Morgan fingerprint density at radius 3 is 2.44 bits per heavy atom. The van der Waals surface area contributed by atoms with Crippen LogP contribution in [0.4, 0.5) is 4.79 Å². The maximum atomic E-state index is 11.8. The van der Waals surface area contributed by atoms with Crippen molar-refractivity contribution in [1.82, 2.24) is 15.5 Å². The molecule has 6 nitrogen and oxygen atoms in total. The van der Waals surface area contributed by atoms with Crippen LogP contribution in [0.2, 0.25) is 0 Å². The van der Waals surface area contributed by atoms with Gasteiger partial charge in [0.1, 0.15) is 6.04 Å². The van der Waals surface area contributed by atoms with Gasteiger partial charge in [-0.3, -0.25) is 0 Å². The molecule has 1 unspecified atom stereocenters. The fourth-order valence-electron chi connectivity index (χ4n) is 1.52. The molecule has 0 aromatic carbocycles. The summed E-state index contributed by atoms with van der Waals surface area (Å²) in [5, 5.41) is 14.6. The first-order chi connectivity index (χ1) is 8.43. The lowest BCUT2D eigenvalue weighted by Gasteiger charge is -2.24. The van der Waals surface area contributed by atoms with Crippen molar-refractivity contribution in [2.45, 2.75) is 32.7 Å². The molecular weight excluding hydrogens is 234 g/mol. The number of carbonyl (C=O) groups is 2. The quantitative estimate of drug-likeness (QED) is 0.561. The Labute approximate surface area is 109 Å². The number of amides is 2. The summed E-state index contributed by atoms with van der Waals surface area (Å²) in [5.41, 5.74) is 0. The topological polar surface area (TPSA) is 81.7 Å². The molecular formula is C12H25N3O3. The van der Waals surface area contributed by atoms with Crippen molar-refractivity contribution in [3.63, 3.8) is 0 Å². The maximum absolute atomic E-state index is 11.8. The van der Waals surface area contributed by atoms with Gasteiger partial charge >= 0.3 is 12.0 Å². The van der Waals surface area contributed by atoms with Crippen LogP contribution >= 0.6 is 0 Å². The first-order valence-corrected chi connectivity index (χ1v) is 6.33. The molecule has 0 aliphatic heterocycles. The van der Waals surface area contributed by atoms with Crippen LogP contribution in [0.5, 0.6) is 0 Å². The Balaban J connectivity index is 4.28. The summed E-state index contributed by atoms with van der Waals surface area (Å²) >= 11 is 0. The Morgan fingerprint density at radius 2 is 2.00 bits per heavy atom. The molecule has 0 bridgehead atoms. The van der Waals surface area contributed by atoms with Crippen molar-refractivity contribution >= 4 is 12.0 Å². The van der Waals surface area contributed by atoms with Crippen LogP contribution in [0.1, 0.15) is 26.7 Å². The van der Waals surface area contributed by atoms with Gasteiger partial charge < -0.3 is 20.6 Å². The number of aliphatic carboxylic acids is 1. The molecule has 0 aromatic heterocycles. The smallest absolute Gasteiger partial charge is 0.326 e. The summed E-state index contributed by atoms with van der Waals surface area (Å²) in [6.45, 7) is 5.15. The average Bonchev–Trinajstić information content (AvgIpc) is 2.34. The van der Waals surface area contributed by atoms with Crippen LogP contribution in [-0.2, 0) is 4.79 Å². The number of urea groups is 1. The van der Waals surface area contributed by atoms with E-state index in [1.807, 2.05) is 20.9 Å². The third kappa shape index (κ3) is 5.86. The van der Waals surface area contributed by atoms with Gasteiger partial charge in [-0.15, -0.1) is 0 Å². The molecule has 0 aliphatic carbocycles. The van der Waals surface area contributed by atoms with E-state index in [1.165, 1.54) is 4.90 Å². The van der Waals surface area contributed by atoms with E-state index in [1.54, 1.807) is 7.05 Å². The highest BCUT2D eigenvalue weighted by molar-refractivity contribution is 5.82. The van der Waals surface area contributed by atoms with E-state index >= 15 is 0 Å². The molecule has 6 heteroatoms. The highest BCUT2D eigenvalue weighted by atomic mass is 16.4. The van der Waals surface area contributed by atoms with E-state index in [0.29, 0.717) is 13.0 Å². The van der Waals surface area contributed by atoms with Crippen molar-refractivity contribution in [3.8, 4) is 0 Å². The second-order valence-electron chi connectivity index (χ2n) is 4.53. The standard InChI is InChI=1S/C12H25N3O3/c1-5-9(2)10(11(16)17)14-12(18)15(4)8-6-7-13-3/h9-10,13H,5-8H2,1-4H3,(H,14,18)(H,16,17)/t9?,10-/m0/s1. The molecule has 2 atom stereocenters. The lowest BCUT2D eigenvalue weighted by molar-refractivity contribution is -0.140. The average molecular weight is 259 g/mol. The van der Waals surface area contributed by atoms with Crippen molar-refractivity contribution in [2.24, 2.45) is 5.92 Å². The zero-order valence-electron chi connectivity index (χ0n) is 11.7. The number of nitrogens with one attached hydrogen (secondary N) is 2. The molecule has 2 amide bonds. The van der Waals surface area contributed by atoms with Gasteiger partial charge in [0.2, 0.25) is 0 Å². The summed E-state index contributed by atoms with van der Waals surface area (Å²) in [5.74, 6) is -1.07. The minimum atomic E-state index is -0.985. The summed E-state index contributed by atoms with van der Waals surface area (Å²) in [6, 6.07) is -1.16. The largest absolute Gasteiger partial charge is 0.480 e. The van der Waals surface area contributed by atoms with E-state index in [-0.39, 0.29) is 11.9 Å². The first kappa shape index (κ1) is 16.7. The minimum Gasteiger partial charge on any atom is -0.480 e. The Bertz CT molecular complexity index is 271. The maximum Gasteiger partial charge on any atom is 0.326 e. The van der Waals surface area contributed by atoms with E-state index in [2.05, 4.69) is 10.6 Å². The minimum absolute atomic E-state index is 0.0860. The summed E-state index contributed by atoms with van der Waals surface area (Å²) in [7, 11) is 3.52. The van der Waals surface area contributed by atoms with Gasteiger partial charge in [0.05, 0.1) is 0 Å². The third-order valence-electron chi connectivity index (χ3n) is 3.03. The number of rotatable bonds is 8. The van der Waals surface area contributed by atoms with E-state index < -0.39 is 12.0 Å². The van der Waals surface area contributed by atoms with Crippen molar-refractivity contribution < 1.29 is 14.7 Å². The number of hydrogen-bond donors (Lipinski definition) is 3. The molecule has 0 spiro atoms. The highest BCUT2D eigenvalue weighted by Crippen LogP contribution is 2.08. The molecule has 0 heterocycles. The zero-order chi connectivity index (χ0) is 14.1. The molecule has 0 aromatic rings. The van der Waals surface area contributed by atoms with Gasteiger partial charge in [-0.1, -0.05) is 20.3 Å². The van der Waals surface area contributed by atoms with E-state index in [9.17, 15) is 9.59 Å². The van der Waals surface area contributed by atoms with Crippen molar-refractivity contribution in [2.75, 3.05) is 27.2 Å². The van der Waals surface area contributed by atoms with Crippen LogP contribution in [0.15, 0.2) is 0 Å². The fourth-order valence-corrected chi connectivity index (χ4v) is 1.52. The predicted octanol–water partition coefficient (Wildman–Crippen LogP) is 0.737. The SMILES string of the molecule is CCC(C)[C@H](NC(=O)N(C)CCCNC)C(=O)O. The number of nitrogens with zero attached hydrogens (tertiary/aromatic N) is 1. The van der Waals surface area contributed by atoms with E-state index in [0.717, 1.165) is 13.0 Å². The molecule has 0 saturated heterocycles. The molecule has 0 saturated carbocycles. The molecule has 3 N–H and O–H groups in total. The highest BCUT2D eigenvalue weighted by Gasteiger charge is 2.26. The summed E-state index contributed by atoms with van der Waals surface area (Å²) in [6.07, 6.45) is 1.54. The van der Waals surface area contributed by atoms with Gasteiger partial charge in [0.25, 0.3) is 0 Å². The summed E-state index contributed by atoms with van der Waals surface area (Å²) < 4.78 is 0. The van der Waals surface area contributed by atoms with Crippen LogP contribution in [0, 0.1) is 5.92 Å². The molecule has 0 radical (unpaired) electrons. The Kier molecular flexibility index (Phi) is 8.11. The number of carbonyl (C=O) groups excluding carboxylic acids is 1. The van der Waals surface area contributed by atoms with Crippen LogP contribution in [0.3, 0.4) is 0 Å². The first-order valence-electron chi connectivity index (χ1n) is 6.33. The van der Waals surface area contributed by atoms with Gasteiger partial charge in [-0.05, 0) is 25.9 Å². The Morgan fingerprint density at radius 1 is 1.39 bits per heavy atom. The number of hydrogen-bond acceptors (Lipinski definition) is 3. The van der Waals surface area contributed by atoms with Crippen molar-refractivity contribution in [3.05, 3.63) is 0 Å². The fraction of sp³-hybridized carbons (Fsp3) is 0.833. The molecule has 0 aliphatic rings. The lowest BCUT2D eigenvalue weighted by Crippen LogP contribution is -2.49. The molecule has 0 fully saturated rings. The summed E-state index contributed by atoms with van der Waals surface area (Å²) in [4.78, 5) is 24.4. The number of carboxylic acid groups (broad SMARTS) is 1. The van der Waals surface area contributed by atoms with Crippen LogP contribution in [0.25, 0.3) is 0 Å². The van der Waals surface area contributed by atoms with Gasteiger partial charge in [-0.2, -0.15) is 0 Å².